The molecule has 1 saturated heterocycles. The van der Waals surface area contributed by atoms with E-state index in [-0.39, 0.29) is 16.6 Å². The maximum absolute atomic E-state index is 11.9. The van der Waals surface area contributed by atoms with Crippen LogP contribution in [-0.2, 0) is 0 Å². The van der Waals surface area contributed by atoms with Crippen molar-refractivity contribution in [1.29, 1.82) is 0 Å². The third-order valence-corrected chi connectivity index (χ3v) is 4.46. The number of nitrogens with zero attached hydrogens (tertiary/aromatic N) is 2. The van der Waals surface area contributed by atoms with Crippen LogP contribution in [0.15, 0.2) is 5.38 Å². The zero-order valence-corrected chi connectivity index (χ0v) is 12.3. The molecule has 2 N–H and O–H groups in total. The van der Waals surface area contributed by atoms with Crippen LogP contribution in [0.25, 0.3) is 0 Å². The summed E-state index contributed by atoms with van der Waals surface area (Å²) in [5.41, 5.74) is -0.0728. The van der Waals surface area contributed by atoms with Gasteiger partial charge in [-0.2, -0.15) is 0 Å². The van der Waals surface area contributed by atoms with Crippen molar-refractivity contribution in [2.75, 3.05) is 26.2 Å². The molecule has 0 saturated carbocycles. The third kappa shape index (κ3) is 3.77. The second kappa shape index (κ2) is 6.81. The standard InChI is InChI=1S/C13H19N3O3S/c1-2-16-5-3-9(4-6-16)7-14-11(17)12-15-10(8-20-12)13(18)19/h8-9H,2-7H2,1H3,(H,14,17)(H,18,19). The summed E-state index contributed by atoms with van der Waals surface area (Å²) in [7, 11) is 0. The highest BCUT2D eigenvalue weighted by Crippen LogP contribution is 2.16. The lowest BCUT2D eigenvalue weighted by Crippen LogP contribution is -2.38. The van der Waals surface area contributed by atoms with Crippen LogP contribution in [0.3, 0.4) is 0 Å². The number of nitrogens with one attached hydrogen (secondary N) is 1. The summed E-state index contributed by atoms with van der Waals surface area (Å²) in [4.78, 5) is 28.8. The van der Waals surface area contributed by atoms with Crippen LogP contribution in [0.1, 0.15) is 40.1 Å². The first kappa shape index (κ1) is 14.9. The van der Waals surface area contributed by atoms with Gasteiger partial charge in [-0.25, -0.2) is 9.78 Å². The van der Waals surface area contributed by atoms with Crippen LogP contribution >= 0.6 is 11.3 Å². The van der Waals surface area contributed by atoms with E-state index in [1.165, 1.54) is 5.38 Å². The van der Waals surface area contributed by atoms with E-state index in [2.05, 4.69) is 22.1 Å². The molecule has 1 aromatic heterocycles. The van der Waals surface area contributed by atoms with Gasteiger partial charge in [-0.05, 0) is 38.4 Å². The van der Waals surface area contributed by atoms with Crippen molar-refractivity contribution in [2.24, 2.45) is 5.92 Å². The second-order valence-electron chi connectivity index (χ2n) is 4.93. The molecule has 7 heteroatoms. The maximum Gasteiger partial charge on any atom is 0.355 e. The van der Waals surface area contributed by atoms with E-state index in [1.807, 2.05) is 0 Å². The number of carboxylic acid groups (broad SMARTS) is 1. The average molecular weight is 297 g/mol. The van der Waals surface area contributed by atoms with E-state index in [0.717, 1.165) is 43.8 Å². The molecule has 2 rings (SSSR count). The fourth-order valence-corrected chi connectivity index (χ4v) is 3.00. The van der Waals surface area contributed by atoms with E-state index in [0.29, 0.717) is 12.5 Å². The van der Waals surface area contributed by atoms with Gasteiger partial charge in [0.05, 0.1) is 0 Å². The lowest BCUT2D eigenvalue weighted by Gasteiger charge is -2.30. The minimum atomic E-state index is -1.10. The summed E-state index contributed by atoms with van der Waals surface area (Å²) < 4.78 is 0. The number of carbonyl (C=O) groups excluding carboxylic acids is 1. The van der Waals surface area contributed by atoms with Gasteiger partial charge in [-0.3, -0.25) is 4.79 Å². The van der Waals surface area contributed by atoms with Crippen molar-refractivity contribution in [3.8, 4) is 0 Å². The van der Waals surface area contributed by atoms with E-state index in [4.69, 9.17) is 5.11 Å². The van der Waals surface area contributed by atoms with Gasteiger partial charge in [0.25, 0.3) is 5.91 Å². The molecule has 1 fully saturated rings. The topological polar surface area (TPSA) is 82.5 Å². The minimum absolute atomic E-state index is 0.0728. The van der Waals surface area contributed by atoms with Gasteiger partial charge in [0.15, 0.2) is 10.7 Å². The molecule has 0 spiro atoms. The van der Waals surface area contributed by atoms with Crippen molar-refractivity contribution >= 4 is 23.2 Å². The van der Waals surface area contributed by atoms with Crippen LogP contribution in [0.5, 0.6) is 0 Å². The summed E-state index contributed by atoms with van der Waals surface area (Å²) in [6.07, 6.45) is 2.18. The molecule has 0 unspecified atom stereocenters. The smallest absolute Gasteiger partial charge is 0.355 e. The number of aromatic nitrogens is 1. The highest BCUT2D eigenvalue weighted by molar-refractivity contribution is 7.11. The van der Waals surface area contributed by atoms with Gasteiger partial charge >= 0.3 is 5.97 Å². The lowest BCUT2D eigenvalue weighted by atomic mass is 9.97. The molecule has 0 atom stereocenters. The molecule has 0 radical (unpaired) electrons. The predicted octanol–water partition coefficient (Wildman–Crippen LogP) is 1.30. The Balaban J connectivity index is 1.79. The van der Waals surface area contributed by atoms with Gasteiger partial charge in [0.2, 0.25) is 0 Å². The van der Waals surface area contributed by atoms with E-state index >= 15 is 0 Å². The number of piperidine rings is 1. The molecule has 110 valence electrons. The monoisotopic (exact) mass is 297 g/mol. The quantitative estimate of drug-likeness (QED) is 0.856. The summed E-state index contributed by atoms with van der Waals surface area (Å²) >= 11 is 1.06. The first-order chi connectivity index (χ1) is 9.60. The number of amides is 1. The Morgan fingerprint density at radius 2 is 2.20 bits per heavy atom. The van der Waals surface area contributed by atoms with E-state index in [1.54, 1.807) is 0 Å². The minimum Gasteiger partial charge on any atom is -0.476 e. The molecule has 0 bridgehead atoms. The van der Waals surface area contributed by atoms with Crippen LogP contribution < -0.4 is 5.32 Å². The second-order valence-corrected chi connectivity index (χ2v) is 5.79. The van der Waals surface area contributed by atoms with Crippen LogP contribution in [0.2, 0.25) is 0 Å². The molecular formula is C13H19N3O3S. The van der Waals surface area contributed by atoms with Crippen molar-refractivity contribution in [2.45, 2.75) is 19.8 Å². The number of carboxylic acids is 1. The molecule has 1 aliphatic rings. The first-order valence-electron chi connectivity index (χ1n) is 6.79. The Bertz CT molecular complexity index is 481. The first-order valence-corrected chi connectivity index (χ1v) is 7.67. The molecule has 2 heterocycles. The average Bonchev–Trinajstić information content (AvgIpc) is 2.95. The number of carbonyl (C=O) groups is 2. The molecule has 1 aliphatic heterocycles. The third-order valence-electron chi connectivity index (χ3n) is 3.62. The Morgan fingerprint density at radius 3 is 2.75 bits per heavy atom. The van der Waals surface area contributed by atoms with Crippen molar-refractivity contribution < 1.29 is 14.7 Å². The van der Waals surface area contributed by atoms with E-state index in [9.17, 15) is 9.59 Å². The van der Waals surface area contributed by atoms with Gasteiger partial charge in [-0.15, -0.1) is 11.3 Å². The molecule has 0 aliphatic carbocycles. The van der Waals surface area contributed by atoms with E-state index < -0.39 is 5.97 Å². The Labute approximate surface area is 121 Å². The number of aromatic carboxylic acids is 1. The highest BCUT2D eigenvalue weighted by atomic mass is 32.1. The molecule has 1 amide bonds. The molecule has 0 aromatic carbocycles. The lowest BCUT2D eigenvalue weighted by molar-refractivity contribution is 0.0691. The number of hydrogen-bond acceptors (Lipinski definition) is 5. The summed E-state index contributed by atoms with van der Waals surface area (Å²) in [6, 6.07) is 0. The summed E-state index contributed by atoms with van der Waals surface area (Å²) in [5.74, 6) is -0.881. The zero-order chi connectivity index (χ0) is 14.5. The molecular weight excluding hydrogens is 278 g/mol. The Morgan fingerprint density at radius 1 is 1.50 bits per heavy atom. The van der Waals surface area contributed by atoms with Crippen molar-refractivity contribution in [3.63, 3.8) is 0 Å². The summed E-state index contributed by atoms with van der Waals surface area (Å²) in [5, 5.41) is 13.2. The number of likely N-dealkylation sites (tertiary alicyclic amines) is 1. The zero-order valence-electron chi connectivity index (χ0n) is 11.5. The molecule has 6 nitrogen and oxygen atoms in total. The van der Waals surface area contributed by atoms with Gasteiger partial charge in [0.1, 0.15) is 0 Å². The van der Waals surface area contributed by atoms with Gasteiger partial charge < -0.3 is 15.3 Å². The number of hydrogen-bond donors (Lipinski definition) is 2. The largest absolute Gasteiger partial charge is 0.476 e. The van der Waals surface area contributed by atoms with Gasteiger partial charge in [-0.1, -0.05) is 6.92 Å². The SMILES string of the molecule is CCN1CCC(CNC(=O)c2nc(C(=O)O)cs2)CC1. The normalized spacial score (nSPS) is 17.1. The predicted molar refractivity (Wildman–Crippen MR) is 76.2 cm³/mol. The Hall–Kier alpha value is -1.47. The summed E-state index contributed by atoms with van der Waals surface area (Å²) in [6.45, 7) is 6.04. The van der Waals surface area contributed by atoms with Crippen molar-refractivity contribution in [3.05, 3.63) is 16.1 Å². The van der Waals surface area contributed by atoms with Crippen LogP contribution in [0.4, 0.5) is 0 Å². The fraction of sp³-hybridized carbons (Fsp3) is 0.615. The fourth-order valence-electron chi connectivity index (χ4n) is 2.30. The maximum atomic E-state index is 11.9. The Kier molecular flexibility index (Phi) is 5.08. The highest BCUT2D eigenvalue weighted by Gasteiger charge is 2.20. The number of thiazole rings is 1. The number of rotatable bonds is 5. The van der Waals surface area contributed by atoms with Crippen LogP contribution in [-0.4, -0.2) is 53.0 Å². The molecule has 20 heavy (non-hydrogen) atoms. The van der Waals surface area contributed by atoms with Crippen molar-refractivity contribution in [1.82, 2.24) is 15.2 Å². The van der Waals surface area contributed by atoms with Gasteiger partial charge in [0, 0.05) is 11.9 Å². The van der Waals surface area contributed by atoms with Crippen LogP contribution in [0, 0.1) is 5.92 Å². The molecule has 1 aromatic rings.